The Labute approximate surface area is 191 Å². The molecule has 170 valence electrons. The second-order valence-corrected chi connectivity index (χ2v) is 9.71. The van der Waals surface area contributed by atoms with Crippen molar-refractivity contribution in [1.29, 1.82) is 0 Å². The molecule has 8 heteroatoms. The number of benzene rings is 3. The lowest BCUT2D eigenvalue weighted by Gasteiger charge is -2.18. The Hall–Kier alpha value is -3.13. The molecular formula is C25H20F3NO3S. The summed E-state index contributed by atoms with van der Waals surface area (Å²) in [6, 6.07) is 16.2. The van der Waals surface area contributed by atoms with E-state index in [-0.39, 0.29) is 29.6 Å². The molecule has 1 aliphatic heterocycles. The molecule has 33 heavy (non-hydrogen) atoms. The van der Waals surface area contributed by atoms with Crippen LogP contribution in [-0.4, -0.2) is 15.2 Å². The van der Waals surface area contributed by atoms with Crippen LogP contribution in [0.3, 0.4) is 0 Å². The number of rotatable bonds is 3. The molecule has 1 aliphatic carbocycles. The van der Waals surface area contributed by atoms with E-state index in [9.17, 15) is 27.3 Å². The van der Waals surface area contributed by atoms with E-state index in [4.69, 9.17) is 0 Å². The summed E-state index contributed by atoms with van der Waals surface area (Å²) >= 11 is 0. The second-order valence-electron chi connectivity index (χ2n) is 8.34. The normalized spacial score (nSPS) is 22.3. The molecule has 1 heterocycles. The quantitative estimate of drug-likeness (QED) is 0.539. The predicted molar refractivity (Wildman–Crippen MR) is 119 cm³/mol. The summed E-state index contributed by atoms with van der Waals surface area (Å²) in [4.78, 5) is 11.5. The predicted octanol–water partition coefficient (Wildman–Crippen LogP) is 5.38. The van der Waals surface area contributed by atoms with E-state index in [0.29, 0.717) is 24.0 Å². The van der Waals surface area contributed by atoms with E-state index >= 15 is 0 Å². The summed E-state index contributed by atoms with van der Waals surface area (Å²) in [6.07, 6.45) is -3.08. The van der Waals surface area contributed by atoms with Crippen LogP contribution >= 0.6 is 0 Å². The topological polar surface area (TPSA) is 66.4 Å². The largest absolute Gasteiger partial charge is 0.508 e. The highest BCUT2D eigenvalue weighted by molar-refractivity contribution is 7.84. The Kier molecular flexibility index (Phi) is 5.28. The number of carbonyl (C=O) groups excluding carboxylic acids is 1. The molecule has 0 spiro atoms. The highest BCUT2D eigenvalue weighted by Crippen LogP contribution is 2.46. The Balaban J connectivity index is 1.52. The zero-order valence-corrected chi connectivity index (χ0v) is 18.2. The number of fused-ring (bicyclic) bond motifs is 1. The van der Waals surface area contributed by atoms with E-state index in [2.05, 4.69) is 4.72 Å². The number of phenolic OH excluding ortho intramolecular Hbond substituents is 1. The molecule has 2 N–H and O–H groups in total. The summed E-state index contributed by atoms with van der Waals surface area (Å²) in [5.41, 5.74) is 3.20. The lowest BCUT2D eigenvalue weighted by Crippen LogP contribution is -2.15. The van der Waals surface area contributed by atoms with E-state index in [0.717, 1.165) is 22.8 Å². The zero-order valence-electron chi connectivity index (χ0n) is 17.4. The molecule has 3 unspecified atom stereocenters. The second kappa shape index (κ2) is 8.02. The lowest BCUT2D eigenvalue weighted by atomic mass is 9.89. The van der Waals surface area contributed by atoms with Crippen LogP contribution in [0.4, 0.5) is 13.2 Å². The van der Waals surface area contributed by atoms with Crippen molar-refractivity contribution < 1.29 is 27.3 Å². The van der Waals surface area contributed by atoms with Crippen LogP contribution < -0.4 is 4.72 Å². The van der Waals surface area contributed by atoms with Crippen molar-refractivity contribution in [3.63, 3.8) is 0 Å². The Morgan fingerprint density at radius 3 is 2.42 bits per heavy atom. The first-order valence-electron chi connectivity index (χ1n) is 10.6. The van der Waals surface area contributed by atoms with Crippen molar-refractivity contribution in [2.24, 2.45) is 0 Å². The number of phenols is 1. The van der Waals surface area contributed by atoms with Gasteiger partial charge in [0.25, 0.3) is 0 Å². The van der Waals surface area contributed by atoms with Gasteiger partial charge in [-0.1, -0.05) is 48.5 Å². The maximum absolute atomic E-state index is 13.6. The summed E-state index contributed by atoms with van der Waals surface area (Å²) < 4.78 is 55.3. The van der Waals surface area contributed by atoms with Crippen LogP contribution in [0.2, 0.25) is 0 Å². The number of carbonyl (C=O) groups is 1. The fourth-order valence-electron chi connectivity index (χ4n) is 4.96. The minimum Gasteiger partial charge on any atom is -0.508 e. The number of aromatic hydroxyl groups is 1. The third-order valence-corrected chi connectivity index (χ3v) is 7.81. The van der Waals surface area contributed by atoms with Gasteiger partial charge < -0.3 is 5.11 Å². The fraction of sp³-hybridized carbons (Fsp3) is 0.240. The maximum atomic E-state index is 13.6. The van der Waals surface area contributed by atoms with Crippen LogP contribution in [0.25, 0.3) is 11.1 Å². The van der Waals surface area contributed by atoms with E-state index in [1.165, 1.54) is 12.1 Å². The van der Waals surface area contributed by atoms with Crippen LogP contribution in [-0.2, 0) is 28.4 Å². The smallest absolute Gasteiger partial charge is 0.417 e. The van der Waals surface area contributed by atoms with E-state index in [1.54, 1.807) is 30.3 Å². The van der Waals surface area contributed by atoms with Gasteiger partial charge in [0.1, 0.15) is 16.7 Å². The number of hydrogen-bond acceptors (Lipinski definition) is 3. The molecule has 0 radical (unpaired) electrons. The average Bonchev–Trinajstić information content (AvgIpc) is 3.35. The molecule has 3 atom stereocenters. The van der Waals surface area contributed by atoms with Gasteiger partial charge in [-0.2, -0.15) is 13.2 Å². The third-order valence-electron chi connectivity index (χ3n) is 6.44. The Morgan fingerprint density at radius 1 is 0.970 bits per heavy atom. The first-order chi connectivity index (χ1) is 15.7. The molecule has 4 nitrogen and oxygen atoms in total. The first-order valence-corrected chi connectivity index (χ1v) is 11.8. The van der Waals surface area contributed by atoms with Crippen molar-refractivity contribution in [2.75, 3.05) is 0 Å². The summed E-state index contributed by atoms with van der Waals surface area (Å²) in [7, 11) is -1.58. The molecule has 3 aromatic rings. The SMILES string of the molecule is O=C1CC(c2ccc(C3CCc4c(-c5ccccc5C(F)(F)F)cccc43)cc2O)S(=O)N1. The van der Waals surface area contributed by atoms with Crippen molar-refractivity contribution >= 4 is 16.9 Å². The van der Waals surface area contributed by atoms with Crippen LogP contribution in [0.1, 0.15) is 51.8 Å². The minimum atomic E-state index is -4.45. The minimum absolute atomic E-state index is 0.0330. The van der Waals surface area contributed by atoms with Crippen LogP contribution in [0.5, 0.6) is 5.75 Å². The molecule has 2 aliphatic rings. The molecule has 0 bridgehead atoms. The van der Waals surface area contributed by atoms with Crippen molar-refractivity contribution in [2.45, 2.75) is 36.6 Å². The Bertz CT molecular complexity index is 1290. The molecule has 1 saturated heterocycles. The number of nitrogens with one attached hydrogen (secondary N) is 1. The van der Waals surface area contributed by atoms with Gasteiger partial charge in [-0.3, -0.25) is 9.52 Å². The monoisotopic (exact) mass is 471 g/mol. The molecule has 1 fully saturated rings. The fourth-order valence-corrected chi connectivity index (χ4v) is 6.14. The van der Waals surface area contributed by atoms with Crippen molar-refractivity contribution in [3.05, 3.63) is 88.5 Å². The molecule has 0 aromatic heterocycles. The molecule has 1 amide bonds. The molecule has 0 saturated carbocycles. The number of alkyl halides is 3. The van der Waals surface area contributed by atoms with Crippen molar-refractivity contribution in [3.8, 4) is 16.9 Å². The number of hydrogen-bond donors (Lipinski definition) is 2. The molecular weight excluding hydrogens is 451 g/mol. The standard InChI is InChI=1S/C25H20F3NO3S/c26-25(27,28)21-7-2-1-4-19(21)17-6-3-5-16-15(10-11-18(16)17)14-8-9-20(22(30)12-14)23-13-24(31)29-33(23)32/h1-9,12,15,23,30H,10-11,13H2,(H,29,31). The van der Waals surface area contributed by atoms with Gasteiger partial charge >= 0.3 is 6.18 Å². The van der Waals surface area contributed by atoms with Crippen LogP contribution in [0, 0.1) is 0 Å². The van der Waals surface area contributed by atoms with Gasteiger partial charge in [0, 0.05) is 17.9 Å². The first kappa shape index (κ1) is 21.7. The number of amides is 1. The van der Waals surface area contributed by atoms with Gasteiger partial charge in [-0.15, -0.1) is 0 Å². The number of halogens is 3. The third kappa shape index (κ3) is 3.82. The van der Waals surface area contributed by atoms with Gasteiger partial charge in [0.05, 0.1) is 10.8 Å². The summed E-state index contributed by atoms with van der Waals surface area (Å²) in [5, 5.41) is 10.0. The van der Waals surface area contributed by atoms with Gasteiger partial charge in [-0.25, -0.2) is 4.21 Å². The van der Waals surface area contributed by atoms with Crippen LogP contribution in [0.15, 0.2) is 60.7 Å². The van der Waals surface area contributed by atoms with Gasteiger partial charge in [0.15, 0.2) is 0 Å². The average molecular weight is 472 g/mol. The maximum Gasteiger partial charge on any atom is 0.417 e. The highest BCUT2D eigenvalue weighted by Gasteiger charge is 2.36. The highest BCUT2D eigenvalue weighted by atomic mass is 32.2. The summed E-state index contributed by atoms with van der Waals surface area (Å²) in [5.74, 6) is -0.431. The van der Waals surface area contributed by atoms with Gasteiger partial charge in [0.2, 0.25) is 5.91 Å². The zero-order chi connectivity index (χ0) is 23.3. The molecule has 3 aromatic carbocycles. The van der Waals surface area contributed by atoms with Gasteiger partial charge in [-0.05, 0) is 52.8 Å². The van der Waals surface area contributed by atoms with Crippen molar-refractivity contribution in [1.82, 2.24) is 4.72 Å². The summed E-state index contributed by atoms with van der Waals surface area (Å²) in [6.45, 7) is 0. The van der Waals surface area contributed by atoms with E-state index < -0.39 is 28.0 Å². The molecule has 5 rings (SSSR count). The Morgan fingerprint density at radius 2 is 1.73 bits per heavy atom. The van der Waals surface area contributed by atoms with E-state index in [1.807, 2.05) is 12.1 Å². The lowest BCUT2D eigenvalue weighted by molar-refractivity contribution is -0.137.